The molecule has 4 saturated carbocycles. The first kappa shape index (κ1) is 24.1. The number of carbonyl (C=O) groups is 2. The zero-order valence-electron chi connectivity index (χ0n) is 19.7. The lowest BCUT2D eigenvalue weighted by Gasteiger charge is -2.69. The lowest BCUT2D eigenvalue weighted by Crippen LogP contribution is -2.70. The zero-order chi connectivity index (χ0) is 25.5. The molecule has 5 aliphatic rings. The number of nitrogens with zero attached hydrogens (tertiary/aromatic N) is 3. The van der Waals surface area contributed by atoms with Crippen LogP contribution >= 0.6 is 15.9 Å². The first-order valence-corrected chi connectivity index (χ1v) is 13.0. The summed E-state index contributed by atoms with van der Waals surface area (Å²) < 4.78 is 48.4. The Bertz CT molecular complexity index is 1240. The molecular weight excluding hydrogens is 541 g/mol. The highest BCUT2D eigenvalue weighted by Crippen LogP contribution is 2.79. The molecule has 2 unspecified atom stereocenters. The highest BCUT2D eigenvalue weighted by atomic mass is 79.9. The van der Waals surface area contributed by atoms with Gasteiger partial charge in [-0.2, -0.15) is 18.3 Å². The Morgan fingerprint density at radius 1 is 1.22 bits per heavy atom. The number of anilines is 1. The van der Waals surface area contributed by atoms with E-state index in [9.17, 15) is 22.8 Å². The maximum atomic E-state index is 13.4. The third-order valence-corrected chi connectivity index (χ3v) is 9.12. The van der Waals surface area contributed by atoms with Crippen molar-refractivity contribution in [3.05, 3.63) is 39.8 Å². The number of nitrogens with one attached hydrogen (secondary N) is 1. The van der Waals surface area contributed by atoms with Gasteiger partial charge in [-0.05, 0) is 73.9 Å². The van der Waals surface area contributed by atoms with Crippen LogP contribution in [0.5, 0.6) is 0 Å². The number of aromatic nitrogens is 3. The summed E-state index contributed by atoms with van der Waals surface area (Å²) in [7, 11) is 0. The molecule has 1 amide bonds. The van der Waals surface area contributed by atoms with E-state index in [-0.39, 0.29) is 54.4 Å². The summed E-state index contributed by atoms with van der Waals surface area (Å²) in [6.07, 6.45) is 1.87. The molecule has 1 N–H and O–H groups in total. The topological polar surface area (TPSA) is 86.1 Å². The van der Waals surface area contributed by atoms with Crippen LogP contribution in [0.3, 0.4) is 0 Å². The number of carbonyl (C=O) groups excluding carboxylic acids is 2. The van der Waals surface area contributed by atoms with E-state index in [1.807, 2.05) is 10.9 Å². The number of amides is 1. The Balaban J connectivity index is 1.18. The second kappa shape index (κ2) is 8.11. The molecule has 1 saturated heterocycles. The van der Waals surface area contributed by atoms with Gasteiger partial charge in [-0.1, -0.05) is 0 Å². The minimum atomic E-state index is -4.30. The monoisotopic (exact) mass is 566 g/mol. The lowest BCUT2D eigenvalue weighted by molar-refractivity contribution is -0.346. The first-order valence-electron chi connectivity index (χ1n) is 12.3. The van der Waals surface area contributed by atoms with Crippen LogP contribution in [-0.4, -0.2) is 39.2 Å². The second-order valence-corrected chi connectivity index (χ2v) is 11.8. The fourth-order valence-electron chi connectivity index (χ4n) is 6.01. The van der Waals surface area contributed by atoms with Gasteiger partial charge in [0.1, 0.15) is 5.82 Å². The van der Waals surface area contributed by atoms with Crippen LogP contribution in [-0.2, 0) is 9.53 Å². The number of ether oxygens (including phenoxy) is 1. The van der Waals surface area contributed by atoms with Crippen LogP contribution in [0.4, 0.5) is 19.0 Å². The summed E-state index contributed by atoms with van der Waals surface area (Å²) in [6, 6.07) is 2.02. The second-order valence-electron chi connectivity index (χ2n) is 10.9. The number of halogens is 4. The molecule has 1 aliphatic heterocycles. The third-order valence-electron chi connectivity index (χ3n) is 8.32. The molecule has 2 bridgehead atoms. The van der Waals surface area contributed by atoms with Crippen molar-refractivity contribution in [1.29, 1.82) is 0 Å². The fraction of sp³-hybridized carbons (Fsp3) is 0.600. The maximum Gasteiger partial charge on any atom is 0.394 e. The maximum absolute atomic E-state index is 13.4. The fourth-order valence-corrected chi connectivity index (χ4v) is 6.33. The van der Waals surface area contributed by atoms with E-state index in [4.69, 9.17) is 4.74 Å². The number of pyridine rings is 1. The minimum Gasteiger partial charge on any atom is -0.373 e. The van der Waals surface area contributed by atoms with Crippen molar-refractivity contribution in [2.24, 2.45) is 16.7 Å². The van der Waals surface area contributed by atoms with Crippen molar-refractivity contribution in [3.63, 3.8) is 0 Å². The van der Waals surface area contributed by atoms with Crippen molar-refractivity contribution in [1.82, 2.24) is 14.8 Å². The molecule has 3 heterocycles. The Kier molecular flexibility index (Phi) is 5.43. The molecule has 2 atom stereocenters. The van der Waals surface area contributed by atoms with E-state index in [1.165, 1.54) is 0 Å². The Labute approximate surface area is 214 Å². The normalized spacial score (nSPS) is 31.4. The van der Waals surface area contributed by atoms with Crippen molar-refractivity contribution in [2.45, 2.75) is 70.2 Å². The molecule has 7 nitrogen and oxygen atoms in total. The number of hydrogen-bond acceptors (Lipinski definition) is 5. The van der Waals surface area contributed by atoms with Crippen LogP contribution < -0.4 is 5.32 Å². The highest BCUT2D eigenvalue weighted by Gasteiger charge is 2.80. The van der Waals surface area contributed by atoms with E-state index >= 15 is 0 Å². The van der Waals surface area contributed by atoms with E-state index in [2.05, 4.69) is 31.3 Å². The van der Waals surface area contributed by atoms with Crippen LogP contribution in [0, 0.1) is 23.7 Å². The molecule has 0 aromatic carbocycles. The predicted molar refractivity (Wildman–Crippen MR) is 126 cm³/mol. The van der Waals surface area contributed by atoms with Crippen LogP contribution in [0.15, 0.2) is 22.9 Å². The average Bonchev–Trinajstić information content (AvgIpc) is 3.49. The summed E-state index contributed by atoms with van der Waals surface area (Å²) in [6.45, 7) is 2.15. The number of rotatable bonds is 6. The van der Waals surface area contributed by atoms with Crippen LogP contribution in [0.25, 0.3) is 0 Å². The van der Waals surface area contributed by atoms with Gasteiger partial charge >= 0.3 is 6.18 Å². The Hall–Kier alpha value is -2.27. The highest BCUT2D eigenvalue weighted by molar-refractivity contribution is 9.10. The molecule has 2 aromatic rings. The predicted octanol–water partition coefficient (Wildman–Crippen LogP) is 5.71. The van der Waals surface area contributed by atoms with Gasteiger partial charge in [-0.25, -0.2) is 4.98 Å². The standard InChI is InChI=1S/C25H26BrF3N4O3/c1-13-18(26)7-17(20(34)23-10-24(11-23,12-23)25(27,28)29)21(31-13)32-22(35)14-4-5-36-19(6-14)15-8-30-33(9-15)16-2-3-16/h7-9,14,16,19H,2-6,10-12H2,1H3,(H,31,32,35). The molecule has 5 fully saturated rings. The van der Waals surface area contributed by atoms with Gasteiger partial charge in [-0.3, -0.25) is 14.3 Å². The number of alkyl halides is 3. The van der Waals surface area contributed by atoms with Gasteiger partial charge in [-0.15, -0.1) is 0 Å². The zero-order valence-corrected chi connectivity index (χ0v) is 21.3. The molecule has 192 valence electrons. The Morgan fingerprint density at radius 3 is 2.61 bits per heavy atom. The van der Waals surface area contributed by atoms with Crippen molar-refractivity contribution >= 4 is 33.4 Å². The quantitative estimate of drug-likeness (QED) is 0.453. The Morgan fingerprint density at radius 2 is 1.94 bits per heavy atom. The van der Waals surface area contributed by atoms with Crippen LogP contribution in [0.1, 0.15) is 78.7 Å². The first-order chi connectivity index (χ1) is 17.0. The van der Waals surface area contributed by atoms with Gasteiger partial charge in [0.25, 0.3) is 0 Å². The summed E-state index contributed by atoms with van der Waals surface area (Å²) in [5.74, 6) is -0.897. The van der Waals surface area contributed by atoms with E-state index in [0.29, 0.717) is 35.7 Å². The largest absolute Gasteiger partial charge is 0.394 e. The number of hydrogen-bond donors (Lipinski definition) is 1. The molecule has 2 aromatic heterocycles. The summed E-state index contributed by atoms with van der Waals surface area (Å²) in [4.78, 5) is 31.1. The number of ketones is 1. The van der Waals surface area contributed by atoms with Crippen molar-refractivity contribution in [3.8, 4) is 0 Å². The van der Waals surface area contributed by atoms with Gasteiger partial charge in [0.05, 0.1) is 35.0 Å². The molecule has 0 radical (unpaired) electrons. The van der Waals surface area contributed by atoms with E-state index in [1.54, 1.807) is 19.2 Å². The van der Waals surface area contributed by atoms with Crippen molar-refractivity contribution in [2.75, 3.05) is 11.9 Å². The summed E-state index contributed by atoms with van der Waals surface area (Å²) in [5, 5.41) is 7.24. The van der Waals surface area contributed by atoms with Gasteiger partial charge < -0.3 is 10.1 Å². The summed E-state index contributed by atoms with van der Waals surface area (Å²) >= 11 is 3.37. The summed E-state index contributed by atoms with van der Waals surface area (Å²) in [5.41, 5.74) is -1.08. The molecule has 36 heavy (non-hydrogen) atoms. The van der Waals surface area contributed by atoms with Crippen LogP contribution in [0.2, 0.25) is 0 Å². The molecule has 11 heteroatoms. The molecule has 0 spiro atoms. The molecule has 7 rings (SSSR count). The molecular formula is C25H26BrF3N4O3. The smallest absolute Gasteiger partial charge is 0.373 e. The number of Topliss-reactive ketones (excluding diaryl/α,β-unsaturated/α-hetero) is 1. The van der Waals surface area contributed by atoms with Gasteiger partial charge in [0.2, 0.25) is 5.91 Å². The molecule has 4 aliphatic carbocycles. The van der Waals surface area contributed by atoms with Gasteiger partial charge in [0.15, 0.2) is 5.78 Å². The van der Waals surface area contributed by atoms with E-state index in [0.717, 1.165) is 18.4 Å². The minimum absolute atomic E-state index is 0.112. The third kappa shape index (κ3) is 3.81. The van der Waals surface area contributed by atoms with Crippen molar-refractivity contribution < 1.29 is 27.5 Å². The average molecular weight is 567 g/mol. The lowest BCUT2D eigenvalue weighted by atomic mass is 9.33. The SMILES string of the molecule is Cc1nc(NC(=O)C2CCOC(c3cnn(C4CC4)c3)C2)c(C(=O)C23CC(C(F)(F)F)(C2)C3)cc1Br. The van der Waals surface area contributed by atoms with E-state index < -0.39 is 17.0 Å². The number of aryl methyl sites for hydroxylation is 1. The van der Waals surface area contributed by atoms with Gasteiger partial charge in [0, 0.05) is 34.2 Å².